The molecule has 188 valence electrons. The number of likely N-dealkylation sites (tertiary alicyclic amines) is 1. The predicted molar refractivity (Wildman–Crippen MR) is 132 cm³/mol. The zero-order valence-corrected chi connectivity index (χ0v) is 20.9. The monoisotopic (exact) mass is 481 g/mol. The second-order valence-electron chi connectivity index (χ2n) is 10.1. The summed E-state index contributed by atoms with van der Waals surface area (Å²) in [6.45, 7) is 8.83. The minimum atomic E-state index is -0.474. The Hall–Kier alpha value is -3.13. The van der Waals surface area contributed by atoms with E-state index in [1.807, 2.05) is 57.2 Å². The van der Waals surface area contributed by atoms with Gasteiger partial charge in [-0.05, 0) is 76.6 Å². The van der Waals surface area contributed by atoms with Gasteiger partial charge in [-0.2, -0.15) is 0 Å². The molecule has 0 unspecified atom stereocenters. The fraction of sp³-hybridized carbons (Fsp3) is 0.519. The fourth-order valence-corrected chi connectivity index (χ4v) is 4.14. The molecule has 2 aromatic rings. The molecule has 0 atom stereocenters. The molecule has 0 radical (unpaired) electrons. The molecule has 1 aromatic carbocycles. The molecule has 0 saturated carbocycles. The van der Waals surface area contributed by atoms with Crippen LogP contribution in [0.2, 0.25) is 0 Å². The predicted octanol–water partition coefficient (Wildman–Crippen LogP) is 4.94. The summed E-state index contributed by atoms with van der Waals surface area (Å²) in [5.74, 6) is 1.00. The van der Waals surface area contributed by atoms with Crippen molar-refractivity contribution in [3.8, 4) is 17.0 Å². The Kier molecular flexibility index (Phi) is 7.90. The van der Waals surface area contributed by atoms with Gasteiger partial charge >= 0.3 is 6.09 Å². The molecule has 2 aliphatic rings. The number of ether oxygens (including phenoxy) is 2. The van der Waals surface area contributed by atoms with E-state index < -0.39 is 5.60 Å². The van der Waals surface area contributed by atoms with Gasteiger partial charge in [-0.1, -0.05) is 12.1 Å². The Labute approximate surface area is 207 Å². The van der Waals surface area contributed by atoms with E-state index >= 15 is 0 Å². The van der Waals surface area contributed by atoms with E-state index in [2.05, 4.69) is 4.98 Å². The third kappa shape index (κ3) is 6.94. The first kappa shape index (κ1) is 25.0. The van der Waals surface area contributed by atoms with E-state index in [0.29, 0.717) is 44.3 Å². The first-order chi connectivity index (χ1) is 16.8. The quantitative estimate of drug-likeness (QED) is 0.602. The molecule has 0 aliphatic carbocycles. The lowest BCUT2D eigenvalue weighted by Crippen LogP contribution is -2.42. The number of rotatable bonds is 5. The molecule has 2 fully saturated rings. The van der Waals surface area contributed by atoms with Crippen molar-refractivity contribution in [3.63, 3.8) is 0 Å². The van der Waals surface area contributed by atoms with Crippen molar-refractivity contribution >= 4 is 12.0 Å². The molecule has 4 rings (SSSR count). The van der Waals surface area contributed by atoms with Gasteiger partial charge in [0.05, 0.1) is 25.1 Å². The molecule has 8 heteroatoms. The van der Waals surface area contributed by atoms with E-state index in [-0.39, 0.29) is 12.0 Å². The van der Waals surface area contributed by atoms with Crippen molar-refractivity contribution in [1.82, 2.24) is 14.9 Å². The van der Waals surface area contributed by atoms with Gasteiger partial charge in [-0.15, -0.1) is 0 Å². The van der Waals surface area contributed by atoms with E-state index in [0.717, 1.165) is 42.7 Å². The Morgan fingerprint density at radius 1 is 1.03 bits per heavy atom. The maximum atomic E-state index is 12.5. The number of carbonyl (C=O) groups is 2. The van der Waals surface area contributed by atoms with Crippen molar-refractivity contribution in [2.24, 2.45) is 5.92 Å². The van der Waals surface area contributed by atoms with Crippen molar-refractivity contribution in [1.29, 1.82) is 0 Å². The van der Waals surface area contributed by atoms with E-state index in [4.69, 9.17) is 14.3 Å². The van der Waals surface area contributed by atoms with Crippen LogP contribution in [-0.4, -0.2) is 65.4 Å². The van der Waals surface area contributed by atoms with Gasteiger partial charge in [0.15, 0.2) is 0 Å². The lowest BCUT2D eigenvalue weighted by atomic mass is 9.98. The van der Waals surface area contributed by atoms with Crippen LogP contribution in [0.1, 0.15) is 56.8 Å². The Balaban J connectivity index is 1.24. The summed E-state index contributed by atoms with van der Waals surface area (Å²) in [4.78, 5) is 36.5. The zero-order valence-electron chi connectivity index (χ0n) is 20.9. The van der Waals surface area contributed by atoms with Crippen molar-refractivity contribution in [2.75, 3.05) is 32.8 Å². The van der Waals surface area contributed by atoms with Crippen LogP contribution >= 0.6 is 0 Å². The summed E-state index contributed by atoms with van der Waals surface area (Å²) in [5.41, 5.74) is 1.88. The summed E-state index contributed by atoms with van der Waals surface area (Å²) in [7, 11) is 0. The lowest BCUT2D eigenvalue weighted by Gasteiger charge is -2.33. The second kappa shape index (κ2) is 11.1. The van der Waals surface area contributed by atoms with Crippen LogP contribution in [0.15, 0.2) is 42.6 Å². The minimum absolute atomic E-state index is 0.107. The molecule has 1 aromatic heterocycles. The highest BCUT2D eigenvalue weighted by Gasteiger charge is 2.27. The maximum Gasteiger partial charge on any atom is 0.410 e. The molecule has 0 N–H and O–H groups in total. The number of hydrogen-bond donors (Lipinski definition) is 0. The number of pyridine rings is 1. The standard InChI is InChI=1S/C27H35N3O5/c1-27(2,3)35-26(32)29-15-12-20(13-16-29)19-33-23-10-11-24(28-18-23)21-6-8-22(9-7-21)25(31)30-14-4-5-17-34-30/h6-11,18,20H,4-5,12-17,19H2,1-3H3. The molecule has 35 heavy (non-hydrogen) atoms. The summed E-state index contributed by atoms with van der Waals surface area (Å²) >= 11 is 0. The Bertz CT molecular complexity index is 987. The SMILES string of the molecule is CC(C)(C)OC(=O)N1CCC(COc2ccc(-c3ccc(C(=O)N4CCCCO4)cc3)nc2)CC1. The number of amides is 2. The Morgan fingerprint density at radius 3 is 2.37 bits per heavy atom. The normalized spacial score (nSPS) is 17.2. The van der Waals surface area contributed by atoms with Gasteiger partial charge in [0.25, 0.3) is 5.91 Å². The van der Waals surface area contributed by atoms with Crippen molar-refractivity contribution in [2.45, 2.75) is 52.1 Å². The van der Waals surface area contributed by atoms with Crippen LogP contribution < -0.4 is 4.74 Å². The third-order valence-corrected chi connectivity index (χ3v) is 6.15. The summed E-state index contributed by atoms with van der Waals surface area (Å²) in [6.07, 6.45) is 5.21. The number of hydrogen-bond acceptors (Lipinski definition) is 6. The van der Waals surface area contributed by atoms with Crippen LogP contribution in [0, 0.1) is 5.92 Å². The number of carbonyl (C=O) groups excluding carboxylic acids is 2. The van der Waals surface area contributed by atoms with Gasteiger partial charge in [0.1, 0.15) is 11.4 Å². The first-order valence-corrected chi connectivity index (χ1v) is 12.4. The summed E-state index contributed by atoms with van der Waals surface area (Å²) in [6, 6.07) is 11.3. The Morgan fingerprint density at radius 2 is 1.77 bits per heavy atom. The second-order valence-corrected chi connectivity index (χ2v) is 10.1. The minimum Gasteiger partial charge on any atom is -0.492 e. The largest absolute Gasteiger partial charge is 0.492 e. The summed E-state index contributed by atoms with van der Waals surface area (Å²) in [5, 5.41) is 1.45. The van der Waals surface area contributed by atoms with Crippen LogP contribution in [0.4, 0.5) is 4.79 Å². The highest BCUT2D eigenvalue weighted by atomic mass is 16.7. The van der Waals surface area contributed by atoms with Gasteiger partial charge in [-0.3, -0.25) is 14.6 Å². The van der Waals surface area contributed by atoms with Crippen molar-refractivity contribution < 1.29 is 23.9 Å². The van der Waals surface area contributed by atoms with Gasteiger partial charge in [0.2, 0.25) is 0 Å². The number of nitrogens with zero attached hydrogens (tertiary/aromatic N) is 3. The smallest absolute Gasteiger partial charge is 0.410 e. The summed E-state index contributed by atoms with van der Waals surface area (Å²) < 4.78 is 11.4. The zero-order chi connectivity index (χ0) is 24.8. The molecule has 8 nitrogen and oxygen atoms in total. The lowest BCUT2D eigenvalue weighted by molar-refractivity contribution is -0.144. The third-order valence-electron chi connectivity index (χ3n) is 6.15. The highest BCUT2D eigenvalue weighted by molar-refractivity contribution is 5.94. The molecule has 2 amide bonds. The molecule has 0 bridgehead atoms. The van der Waals surface area contributed by atoms with Crippen LogP contribution in [0.5, 0.6) is 5.75 Å². The van der Waals surface area contributed by atoms with Gasteiger partial charge in [-0.25, -0.2) is 9.86 Å². The molecular weight excluding hydrogens is 446 g/mol. The first-order valence-electron chi connectivity index (χ1n) is 12.4. The van der Waals surface area contributed by atoms with Crippen molar-refractivity contribution in [3.05, 3.63) is 48.2 Å². The molecular formula is C27H35N3O5. The molecule has 2 aliphatic heterocycles. The van der Waals surface area contributed by atoms with E-state index in [1.165, 1.54) is 5.06 Å². The highest BCUT2D eigenvalue weighted by Crippen LogP contribution is 2.24. The molecule has 2 saturated heterocycles. The molecule has 3 heterocycles. The van der Waals surface area contributed by atoms with Crippen LogP contribution in [-0.2, 0) is 9.57 Å². The molecule has 0 spiro atoms. The maximum absolute atomic E-state index is 12.5. The van der Waals surface area contributed by atoms with Gasteiger partial charge in [0, 0.05) is 30.8 Å². The van der Waals surface area contributed by atoms with Crippen LogP contribution in [0.3, 0.4) is 0 Å². The van der Waals surface area contributed by atoms with Crippen LogP contribution in [0.25, 0.3) is 11.3 Å². The topological polar surface area (TPSA) is 81.2 Å². The van der Waals surface area contributed by atoms with Gasteiger partial charge < -0.3 is 14.4 Å². The number of hydroxylamine groups is 2. The number of aromatic nitrogens is 1. The average Bonchev–Trinajstić information content (AvgIpc) is 2.87. The van der Waals surface area contributed by atoms with E-state index in [1.54, 1.807) is 11.1 Å². The number of piperidine rings is 1. The fourth-order valence-electron chi connectivity index (χ4n) is 4.14. The number of benzene rings is 1. The average molecular weight is 482 g/mol. The van der Waals surface area contributed by atoms with E-state index in [9.17, 15) is 9.59 Å².